The van der Waals surface area contributed by atoms with Crippen LogP contribution in [-0.4, -0.2) is 10.1 Å². The number of benzene rings is 1. The Balaban J connectivity index is 2.29. The molecule has 0 radical (unpaired) electrons. The van der Waals surface area contributed by atoms with Crippen LogP contribution in [0.2, 0.25) is 10.0 Å². The first-order valence-corrected chi connectivity index (χ1v) is 5.62. The molecule has 0 unspecified atom stereocenters. The third kappa shape index (κ3) is 3.09. The summed E-state index contributed by atoms with van der Waals surface area (Å²) in [5.74, 6) is 1.04. The minimum Gasteiger partial charge on any atom is -0.455 e. The molecule has 0 spiro atoms. The number of aliphatic hydroxyl groups is 1. The molecule has 2 aromatic rings. The van der Waals surface area contributed by atoms with Crippen molar-refractivity contribution in [2.24, 2.45) is 0 Å². The smallest absolute Gasteiger partial charge is 0.147 e. The van der Waals surface area contributed by atoms with Gasteiger partial charge in [0.15, 0.2) is 0 Å². The molecule has 1 N–H and O–H groups in total. The van der Waals surface area contributed by atoms with Crippen LogP contribution < -0.4 is 4.74 Å². The van der Waals surface area contributed by atoms with E-state index in [2.05, 4.69) is 4.98 Å². The second-order valence-electron chi connectivity index (χ2n) is 3.35. The Labute approximate surface area is 109 Å². The summed E-state index contributed by atoms with van der Waals surface area (Å²) in [4.78, 5) is 3.91. The molecule has 0 atom stereocenters. The van der Waals surface area contributed by atoms with E-state index in [0.29, 0.717) is 27.1 Å². The number of ether oxygens (including phenoxy) is 1. The van der Waals surface area contributed by atoms with E-state index in [1.165, 1.54) is 6.20 Å². The zero-order chi connectivity index (χ0) is 12.3. The maximum Gasteiger partial charge on any atom is 0.147 e. The zero-order valence-corrected chi connectivity index (χ0v) is 10.2. The summed E-state index contributed by atoms with van der Waals surface area (Å²) in [5.41, 5.74) is 0.609. The second kappa shape index (κ2) is 5.36. The number of hydrogen-bond acceptors (Lipinski definition) is 3. The van der Waals surface area contributed by atoms with E-state index in [9.17, 15) is 5.11 Å². The standard InChI is InChI=1S/C12H9Cl2NO2/c13-9-1-2-12(8(3-9)7-16)17-11-4-10(14)5-15-6-11/h1-6,16H,7H2. The minimum absolute atomic E-state index is 0.149. The van der Waals surface area contributed by atoms with Gasteiger partial charge in [-0.25, -0.2) is 0 Å². The maximum atomic E-state index is 9.20. The molecule has 0 aliphatic carbocycles. The lowest BCUT2D eigenvalue weighted by Gasteiger charge is -2.09. The van der Waals surface area contributed by atoms with E-state index in [0.717, 1.165) is 0 Å². The lowest BCUT2D eigenvalue weighted by molar-refractivity contribution is 0.276. The average Bonchev–Trinajstić information content (AvgIpc) is 2.31. The summed E-state index contributed by atoms with van der Waals surface area (Å²) in [6.07, 6.45) is 3.06. The van der Waals surface area contributed by atoms with Crippen molar-refractivity contribution < 1.29 is 9.84 Å². The Morgan fingerprint density at radius 1 is 1.12 bits per heavy atom. The quantitative estimate of drug-likeness (QED) is 0.925. The predicted molar refractivity (Wildman–Crippen MR) is 66.7 cm³/mol. The van der Waals surface area contributed by atoms with Crippen LogP contribution in [0, 0.1) is 0 Å². The third-order valence-electron chi connectivity index (χ3n) is 2.10. The van der Waals surface area contributed by atoms with Crippen LogP contribution in [-0.2, 0) is 6.61 Å². The Hall–Kier alpha value is -1.29. The van der Waals surface area contributed by atoms with Crippen LogP contribution in [0.1, 0.15) is 5.56 Å². The van der Waals surface area contributed by atoms with Gasteiger partial charge < -0.3 is 9.84 Å². The van der Waals surface area contributed by atoms with Crippen molar-refractivity contribution in [2.75, 3.05) is 0 Å². The van der Waals surface area contributed by atoms with Crippen LogP contribution in [0.25, 0.3) is 0 Å². The van der Waals surface area contributed by atoms with Crippen LogP contribution in [0.4, 0.5) is 0 Å². The van der Waals surface area contributed by atoms with E-state index in [1.807, 2.05) is 0 Å². The number of nitrogens with zero attached hydrogens (tertiary/aromatic N) is 1. The molecular weight excluding hydrogens is 261 g/mol. The molecule has 88 valence electrons. The molecule has 0 aliphatic rings. The van der Waals surface area contributed by atoms with Crippen LogP contribution >= 0.6 is 23.2 Å². The van der Waals surface area contributed by atoms with Gasteiger partial charge in [-0.3, -0.25) is 4.98 Å². The molecule has 0 fully saturated rings. The fourth-order valence-electron chi connectivity index (χ4n) is 1.35. The van der Waals surface area contributed by atoms with E-state index in [1.54, 1.807) is 30.5 Å². The molecule has 0 bridgehead atoms. The summed E-state index contributed by atoms with van der Waals surface area (Å²) in [7, 11) is 0. The van der Waals surface area contributed by atoms with Crippen LogP contribution in [0.5, 0.6) is 11.5 Å². The SMILES string of the molecule is OCc1cc(Cl)ccc1Oc1cncc(Cl)c1. The van der Waals surface area contributed by atoms with E-state index >= 15 is 0 Å². The predicted octanol–water partition coefficient (Wildman–Crippen LogP) is 3.67. The van der Waals surface area contributed by atoms with Crippen molar-refractivity contribution >= 4 is 23.2 Å². The summed E-state index contributed by atoms with van der Waals surface area (Å²) >= 11 is 11.6. The number of aliphatic hydroxyl groups excluding tert-OH is 1. The first-order valence-electron chi connectivity index (χ1n) is 4.87. The summed E-state index contributed by atoms with van der Waals surface area (Å²) < 4.78 is 5.57. The lowest BCUT2D eigenvalue weighted by Crippen LogP contribution is -1.92. The molecule has 0 saturated heterocycles. The topological polar surface area (TPSA) is 42.4 Å². The lowest BCUT2D eigenvalue weighted by atomic mass is 10.2. The summed E-state index contributed by atoms with van der Waals surface area (Å²) in [6, 6.07) is 6.67. The van der Waals surface area contributed by atoms with Gasteiger partial charge in [0, 0.05) is 22.8 Å². The molecule has 1 aromatic carbocycles. The highest BCUT2D eigenvalue weighted by molar-refractivity contribution is 6.30. The van der Waals surface area contributed by atoms with Gasteiger partial charge in [0.2, 0.25) is 0 Å². The van der Waals surface area contributed by atoms with Crippen molar-refractivity contribution in [3.05, 3.63) is 52.3 Å². The number of aromatic nitrogens is 1. The fraction of sp³-hybridized carbons (Fsp3) is 0.0833. The van der Waals surface area contributed by atoms with Crippen LogP contribution in [0.15, 0.2) is 36.7 Å². The second-order valence-corrected chi connectivity index (χ2v) is 4.22. The summed E-state index contributed by atoms with van der Waals surface area (Å²) in [6.45, 7) is -0.149. The fourth-order valence-corrected chi connectivity index (χ4v) is 1.70. The Morgan fingerprint density at radius 3 is 2.65 bits per heavy atom. The normalized spacial score (nSPS) is 10.3. The van der Waals surface area contributed by atoms with Gasteiger partial charge in [-0.1, -0.05) is 23.2 Å². The van der Waals surface area contributed by atoms with Gasteiger partial charge in [-0.2, -0.15) is 0 Å². The van der Waals surface area contributed by atoms with Crippen LogP contribution in [0.3, 0.4) is 0 Å². The number of halogens is 2. The first-order chi connectivity index (χ1) is 8.19. The van der Waals surface area contributed by atoms with E-state index in [4.69, 9.17) is 27.9 Å². The minimum atomic E-state index is -0.149. The van der Waals surface area contributed by atoms with Crippen molar-refractivity contribution in [1.29, 1.82) is 0 Å². The van der Waals surface area contributed by atoms with Gasteiger partial charge in [0.25, 0.3) is 0 Å². The Morgan fingerprint density at radius 2 is 1.94 bits per heavy atom. The number of rotatable bonds is 3. The molecule has 0 saturated carbocycles. The number of pyridine rings is 1. The van der Waals surface area contributed by atoms with E-state index < -0.39 is 0 Å². The largest absolute Gasteiger partial charge is 0.455 e. The third-order valence-corrected chi connectivity index (χ3v) is 2.54. The Kier molecular flexibility index (Phi) is 3.84. The maximum absolute atomic E-state index is 9.20. The van der Waals surface area contributed by atoms with Gasteiger partial charge in [0.05, 0.1) is 17.8 Å². The van der Waals surface area contributed by atoms with Crippen molar-refractivity contribution in [1.82, 2.24) is 4.98 Å². The summed E-state index contributed by atoms with van der Waals surface area (Å²) in [5, 5.41) is 10.2. The highest BCUT2D eigenvalue weighted by Gasteiger charge is 2.05. The molecule has 5 heteroatoms. The molecular formula is C12H9Cl2NO2. The van der Waals surface area contributed by atoms with Crippen molar-refractivity contribution in [3.8, 4) is 11.5 Å². The molecule has 1 aromatic heterocycles. The van der Waals surface area contributed by atoms with Crippen molar-refractivity contribution in [2.45, 2.75) is 6.61 Å². The highest BCUT2D eigenvalue weighted by Crippen LogP contribution is 2.28. The number of hydrogen-bond donors (Lipinski definition) is 1. The molecule has 0 aliphatic heterocycles. The highest BCUT2D eigenvalue weighted by atomic mass is 35.5. The molecule has 3 nitrogen and oxygen atoms in total. The molecule has 0 amide bonds. The van der Waals surface area contributed by atoms with E-state index in [-0.39, 0.29) is 6.61 Å². The van der Waals surface area contributed by atoms with Gasteiger partial charge >= 0.3 is 0 Å². The molecule has 2 rings (SSSR count). The molecule has 1 heterocycles. The molecule has 17 heavy (non-hydrogen) atoms. The van der Waals surface area contributed by atoms with Gasteiger partial charge in [-0.05, 0) is 18.2 Å². The monoisotopic (exact) mass is 269 g/mol. The zero-order valence-electron chi connectivity index (χ0n) is 8.73. The van der Waals surface area contributed by atoms with Gasteiger partial charge in [-0.15, -0.1) is 0 Å². The van der Waals surface area contributed by atoms with Gasteiger partial charge in [0.1, 0.15) is 11.5 Å². The Bertz CT molecular complexity index is 532. The first kappa shape index (κ1) is 12.2. The van der Waals surface area contributed by atoms with Crippen molar-refractivity contribution in [3.63, 3.8) is 0 Å². The average molecular weight is 270 g/mol.